The molecule has 0 saturated heterocycles. The predicted molar refractivity (Wildman–Crippen MR) is 89.2 cm³/mol. The van der Waals surface area contributed by atoms with E-state index in [0.717, 1.165) is 22.8 Å². The number of imidazole rings is 1. The summed E-state index contributed by atoms with van der Waals surface area (Å²) in [7, 11) is 1.96. The van der Waals surface area contributed by atoms with Crippen molar-refractivity contribution in [2.75, 3.05) is 0 Å². The largest absolute Gasteiger partial charge is 0.347 e. The topological polar surface area (TPSA) is 46.9 Å². The van der Waals surface area contributed by atoms with Gasteiger partial charge in [0.15, 0.2) is 0 Å². The smallest absolute Gasteiger partial charge is 0.246 e. The van der Waals surface area contributed by atoms with Crippen molar-refractivity contribution in [3.8, 4) is 11.3 Å². The van der Waals surface area contributed by atoms with E-state index < -0.39 is 0 Å². The van der Waals surface area contributed by atoms with Crippen molar-refractivity contribution in [1.82, 2.24) is 14.9 Å². The Kier molecular flexibility index (Phi) is 4.94. The molecule has 0 unspecified atom stereocenters. The van der Waals surface area contributed by atoms with Crippen molar-refractivity contribution in [1.29, 1.82) is 0 Å². The molecular weight excluding hydrogens is 274 g/mol. The van der Waals surface area contributed by atoms with Crippen LogP contribution in [0.2, 0.25) is 0 Å². The fourth-order valence-electron chi connectivity index (χ4n) is 2.24. The summed E-state index contributed by atoms with van der Waals surface area (Å²) in [4.78, 5) is 16.5. The molecule has 4 nitrogen and oxygen atoms in total. The van der Waals surface area contributed by atoms with E-state index in [4.69, 9.17) is 4.98 Å². The number of nitrogens with one attached hydrogen (secondary N) is 1. The third-order valence-corrected chi connectivity index (χ3v) is 3.48. The monoisotopic (exact) mass is 295 g/mol. The van der Waals surface area contributed by atoms with Gasteiger partial charge in [-0.15, -0.1) is 6.58 Å². The van der Waals surface area contributed by atoms with Crippen LogP contribution < -0.4 is 5.32 Å². The van der Waals surface area contributed by atoms with E-state index in [-0.39, 0.29) is 5.91 Å². The van der Waals surface area contributed by atoms with E-state index in [1.807, 2.05) is 48.0 Å². The van der Waals surface area contributed by atoms with E-state index in [0.29, 0.717) is 18.5 Å². The van der Waals surface area contributed by atoms with Crippen molar-refractivity contribution in [3.05, 3.63) is 66.7 Å². The van der Waals surface area contributed by atoms with Crippen LogP contribution in [0.3, 0.4) is 0 Å². The molecule has 1 aromatic heterocycles. The van der Waals surface area contributed by atoms with Gasteiger partial charge in [-0.05, 0) is 6.92 Å². The summed E-state index contributed by atoms with van der Waals surface area (Å²) in [6.45, 7) is 9.54. The molecule has 0 bridgehead atoms. The Balaban J connectivity index is 2.39. The van der Waals surface area contributed by atoms with Crippen molar-refractivity contribution < 1.29 is 4.79 Å². The number of allylic oxidation sites excluding steroid dienone is 1. The number of carbonyl (C=O) groups is 1. The van der Waals surface area contributed by atoms with Crippen LogP contribution in [0.5, 0.6) is 0 Å². The van der Waals surface area contributed by atoms with Crippen LogP contribution in [0.1, 0.15) is 18.4 Å². The second-order valence-electron chi connectivity index (χ2n) is 5.20. The lowest BCUT2D eigenvalue weighted by atomic mass is 10.1. The van der Waals surface area contributed by atoms with Gasteiger partial charge in [0.1, 0.15) is 5.82 Å². The maximum absolute atomic E-state index is 11.8. The highest BCUT2D eigenvalue weighted by Crippen LogP contribution is 2.24. The molecule has 0 atom stereocenters. The molecule has 0 fully saturated rings. The Morgan fingerprint density at radius 2 is 2.05 bits per heavy atom. The highest BCUT2D eigenvalue weighted by molar-refractivity contribution is 5.92. The Morgan fingerprint density at radius 1 is 1.36 bits per heavy atom. The summed E-state index contributed by atoms with van der Waals surface area (Å²) in [6, 6.07) is 9.97. The molecule has 22 heavy (non-hydrogen) atoms. The Labute approximate surface area is 131 Å². The Hall–Kier alpha value is -2.62. The molecule has 114 valence electrons. The number of rotatable bonds is 6. The molecule has 2 rings (SSSR count). The molecule has 0 spiro atoms. The van der Waals surface area contributed by atoms with Gasteiger partial charge >= 0.3 is 0 Å². The van der Waals surface area contributed by atoms with E-state index in [1.165, 1.54) is 0 Å². The van der Waals surface area contributed by atoms with Gasteiger partial charge < -0.3 is 9.88 Å². The van der Waals surface area contributed by atoms with Gasteiger partial charge in [0.05, 0.1) is 17.9 Å². The summed E-state index contributed by atoms with van der Waals surface area (Å²) in [5.41, 5.74) is 3.39. The van der Waals surface area contributed by atoms with Crippen LogP contribution in [0, 0.1) is 0 Å². The number of aromatic nitrogens is 2. The first-order valence-electron chi connectivity index (χ1n) is 7.19. The van der Waals surface area contributed by atoms with Crippen LogP contribution >= 0.6 is 0 Å². The normalized spacial score (nSPS) is 10.3. The fraction of sp³-hybridized carbons (Fsp3) is 0.222. The fourth-order valence-corrected chi connectivity index (χ4v) is 2.24. The maximum Gasteiger partial charge on any atom is 0.246 e. The van der Waals surface area contributed by atoms with Crippen LogP contribution in [0.15, 0.2) is 55.1 Å². The minimum Gasteiger partial charge on any atom is -0.347 e. The van der Waals surface area contributed by atoms with Crippen LogP contribution in [-0.4, -0.2) is 15.5 Å². The quantitative estimate of drug-likeness (QED) is 0.658. The maximum atomic E-state index is 11.8. The highest BCUT2D eigenvalue weighted by atomic mass is 16.1. The average molecular weight is 295 g/mol. The summed E-state index contributed by atoms with van der Waals surface area (Å²) in [6.07, 6.45) is 2.51. The van der Waals surface area contributed by atoms with Gasteiger partial charge in [0, 0.05) is 24.6 Å². The number of carbonyl (C=O) groups excluding carboxylic acids is 1. The first-order valence-corrected chi connectivity index (χ1v) is 7.19. The lowest BCUT2D eigenvalue weighted by Crippen LogP contribution is -2.24. The number of amides is 1. The van der Waals surface area contributed by atoms with Crippen molar-refractivity contribution in [3.63, 3.8) is 0 Å². The molecule has 2 aromatic rings. The minimum atomic E-state index is -0.148. The molecule has 1 aromatic carbocycles. The summed E-state index contributed by atoms with van der Waals surface area (Å²) in [5, 5.41) is 2.88. The number of nitrogens with zero attached hydrogens (tertiary/aromatic N) is 2. The van der Waals surface area contributed by atoms with Crippen molar-refractivity contribution >= 4 is 5.91 Å². The lowest BCUT2D eigenvalue weighted by Gasteiger charge is -2.09. The van der Waals surface area contributed by atoms with E-state index in [9.17, 15) is 4.79 Å². The van der Waals surface area contributed by atoms with Gasteiger partial charge in [0.25, 0.3) is 0 Å². The van der Waals surface area contributed by atoms with E-state index in [1.54, 1.807) is 6.92 Å². The number of hydrogen-bond donors (Lipinski definition) is 1. The lowest BCUT2D eigenvalue weighted by molar-refractivity contribution is -0.117. The van der Waals surface area contributed by atoms with Gasteiger partial charge in [-0.1, -0.05) is 43.0 Å². The second-order valence-corrected chi connectivity index (χ2v) is 5.20. The van der Waals surface area contributed by atoms with Crippen LogP contribution in [0.4, 0.5) is 0 Å². The Morgan fingerprint density at radius 3 is 2.64 bits per heavy atom. The average Bonchev–Trinajstić information content (AvgIpc) is 2.82. The summed E-state index contributed by atoms with van der Waals surface area (Å²) >= 11 is 0. The van der Waals surface area contributed by atoms with Gasteiger partial charge in [-0.25, -0.2) is 4.98 Å². The molecule has 0 aliphatic carbocycles. The van der Waals surface area contributed by atoms with Gasteiger partial charge in [-0.2, -0.15) is 0 Å². The van der Waals surface area contributed by atoms with Crippen LogP contribution in [0.25, 0.3) is 11.3 Å². The summed E-state index contributed by atoms with van der Waals surface area (Å²) < 4.78 is 2.02. The standard InChI is InChI=1S/C18H21N3O/c1-5-9-16-20-17(14-10-7-6-8-11-14)15(21(16)4)12-19-18(22)13(2)3/h5-8,10-11H,1-2,9,12H2,3-4H3,(H,19,22). The molecular formula is C18H21N3O. The highest BCUT2D eigenvalue weighted by Gasteiger charge is 2.16. The van der Waals surface area contributed by atoms with Crippen molar-refractivity contribution in [2.24, 2.45) is 7.05 Å². The Bertz CT molecular complexity index is 699. The molecule has 0 saturated carbocycles. The zero-order chi connectivity index (χ0) is 16.1. The third-order valence-electron chi connectivity index (χ3n) is 3.48. The zero-order valence-electron chi connectivity index (χ0n) is 13.1. The van der Waals surface area contributed by atoms with Crippen LogP contribution in [-0.2, 0) is 24.8 Å². The molecule has 0 aliphatic heterocycles. The van der Waals surface area contributed by atoms with Gasteiger partial charge in [0.2, 0.25) is 5.91 Å². The number of hydrogen-bond acceptors (Lipinski definition) is 2. The zero-order valence-corrected chi connectivity index (χ0v) is 13.1. The first kappa shape index (κ1) is 15.8. The molecule has 1 N–H and O–H groups in total. The molecule has 0 aliphatic rings. The van der Waals surface area contributed by atoms with E-state index >= 15 is 0 Å². The predicted octanol–water partition coefficient (Wildman–Crippen LogP) is 3.01. The first-order chi connectivity index (χ1) is 10.5. The summed E-state index contributed by atoms with van der Waals surface area (Å²) in [5.74, 6) is 0.777. The minimum absolute atomic E-state index is 0.148. The molecule has 4 heteroatoms. The van der Waals surface area contributed by atoms with E-state index in [2.05, 4.69) is 18.5 Å². The third kappa shape index (κ3) is 3.34. The second kappa shape index (κ2) is 6.89. The number of benzene rings is 1. The SMILES string of the molecule is C=CCc1nc(-c2ccccc2)c(CNC(=O)C(=C)C)n1C. The van der Waals surface area contributed by atoms with Crippen molar-refractivity contribution in [2.45, 2.75) is 19.9 Å². The molecule has 1 amide bonds. The molecule has 0 radical (unpaired) electrons. The molecule has 1 heterocycles. The van der Waals surface area contributed by atoms with Gasteiger partial charge in [-0.3, -0.25) is 4.79 Å².